The van der Waals surface area contributed by atoms with Crippen molar-refractivity contribution < 1.29 is 9.05 Å². The minimum atomic E-state index is -2.70. The van der Waals surface area contributed by atoms with Gasteiger partial charge in [-0.1, -0.05) is 0 Å². The Hall–Kier alpha value is -1.21. The van der Waals surface area contributed by atoms with Gasteiger partial charge in [0.15, 0.2) is 0 Å². The number of hydrogen-bond donors (Lipinski definition) is 0. The van der Waals surface area contributed by atoms with E-state index in [0.29, 0.717) is 0 Å². The van der Waals surface area contributed by atoms with Gasteiger partial charge >= 0.3 is 192 Å². The first-order valence-electron chi connectivity index (χ1n) is 12.7. The van der Waals surface area contributed by atoms with E-state index in [4.69, 9.17) is 9.05 Å². The van der Waals surface area contributed by atoms with E-state index in [1.165, 1.54) is 74.8 Å². The van der Waals surface area contributed by atoms with Crippen molar-refractivity contribution >= 4 is 18.3 Å². The van der Waals surface area contributed by atoms with Gasteiger partial charge in [0, 0.05) is 0 Å². The van der Waals surface area contributed by atoms with Gasteiger partial charge in [0.2, 0.25) is 0 Å². The van der Waals surface area contributed by atoms with Crippen molar-refractivity contribution in [3.05, 3.63) is 60.7 Å². The third kappa shape index (κ3) is 9.44. The normalized spacial score (nSPS) is 12.2. The van der Waals surface area contributed by atoms with E-state index in [0.717, 1.165) is 26.1 Å². The molecule has 2 aromatic rings. The molecule has 0 saturated heterocycles. The average Bonchev–Trinajstić information content (AvgIpc) is 2.83. The van der Waals surface area contributed by atoms with Gasteiger partial charge in [-0.3, -0.25) is 0 Å². The molecule has 0 N–H and O–H groups in total. The standard InChI is InChI=1S/C28H45O2P/c1-3-5-7-9-11-19-25-29-31(27-21-15-13-16-22-27,28-23-17-14-18-24-28)30-26-20-12-10-8-6-4-2/h13-18,21-24,31H,3-12,19-20,25-26H2,1-2H3. The SMILES string of the molecule is CCCCCCCCO[PH](OCCCCCCCC)(c1ccccc1)c1ccccc1. The molecule has 0 aliphatic rings. The molecule has 0 amide bonds. The molecule has 2 aromatic carbocycles. The quantitative estimate of drug-likeness (QED) is 0.171. The van der Waals surface area contributed by atoms with Crippen LogP contribution in [0.2, 0.25) is 0 Å². The van der Waals surface area contributed by atoms with Crippen LogP contribution >= 0.6 is 7.72 Å². The molecule has 0 atom stereocenters. The first kappa shape index (κ1) is 26.0. The van der Waals surface area contributed by atoms with Gasteiger partial charge in [0.25, 0.3) is 0 Å². The van der Waals surface area contributed by atoms with Gasteiger partial charge in [-0.05, 0) is 0 Å². The Morgan fingerprint density at radius 3 is 1.23 bits per heavy atom. The van der Waals surface area contributed by atoms with Crippen LogP contribution in [0, 0.1) is 0 Å². The van der Waals surface area contributed by atoms with E-state index in [2.05, 4.69) is 74.5 Å². The second-order valence-electron chi connectivity index (χ2n) is 8.58. The fourth-order valence-corrected chi connectivity index (χ4v) is 7.26. The van der Waals surface area contributed by atoms with Crippen LogP contribution in [-0.4, -0.2) is 13.2 Å². The van der Waals surface area contributed by atoms with Crippen LogP contribution in [0.4, 0.5) is 0 Å². The van der Waals surface area contributed by atoms with Crippen LogP contribution in [0.15, 0.2) is 60.7 Å². The van der Waals surface area contributed by atoms with Crippen LogP contribution in [0.25, 0.3) is 0 Å². The maximum absolute atomic E-state index is 6.77. The summed E-state index contributed by atoms with van der Waals surface area (Å²) < 4.78 is 13.5. The first-order valence-corrected chi connectivity index (χ1v) is 14.5. The van der Waals surface area contributed by atoms with E-state index in [9.17, 15) is 0 Å². The predicted molar refractivity (Wildman–Crippen MR) is 139 cm³/mol. The van der Waals surface area contributed by atoms with E-state index >= 15 is 0 Å². The summed E-state index contributed by atoms with van der Waals surface area (Å²) in [5.41, 5.74) is 0. The summed E-state index contributed by atoms with van der Waals surface area (Å²) in [5.74, 6) is 0. The Bertz CT molecular complexity index is 600. The first-order chi connectivity index (χ1) is 15.3. The number of hydrogen-bond acceptors (Lipinski definition) is 2. The van der Waals surface area contributed by atoms with Crippen LogP contribution in [0.5, 0.6) is 0 Å². The molecule has 2 rings (SSSR count). The van der Waals surface area contributed by atoms with Crippen LogP contribution in [-0.2, 0) is 9.05 Å². The summed E-state index contributed by atoms with van der Waals surface area (Å²) in [6.45, 7) is 6.09. The number of benzene rings is 2. The summed E-state index contributed by atoms with van der Waals surface area (Å²) >= 11 is 0. The summed E-state index contributed by atoms with van der Waals surface area (Å²) in [7, 11) is -2.70. The summed E-state index contributed by atoms with van der Waals surface area (Å²) in [4.78, 5) is 0. The molecule has 0 aromatic heterocycles. The van der Waals surface area contributed by atoms with Gasteiger partial charge in [-0.15, -0.1) is 0 Å². The zero-order valence-electron chi connectivity index (χ0n) is 20.0. The second kappa shape index (κ2) is 16.4. The van der Waals surface area contributed by atoms with Gasteiger partial charge < -0.3 is 0 Å². The molecule has 31 heavy (non-hydrogen) atoms. The fraction of sp³-hybridized carbons (Fsp3) is 0.571. The van der Waals surface area contributed by atoms with Crippen molar-refractivity contribution in [3.8, 4) is 0 Å². The summed E-state index contributed by atoms with van der Waals surface area (Å²) in [5, 5.41) is 2.44. The van der Waals surface area contributed by atoms with Crippen molar-refractivity contribution in [1.29, 1.82) is 0 Å². The van der Waals surface area contributed by atoms with Gasteiger partial charge in [-0.25, -0.2) is 0 Å². The van der Waals surface area contributed by atoms with Crippen LogP contribution in [0.1, 0.15) is 90.9 Å². The molecule has 3 heteroatoms. The van der Waals surface area contributed by atoms with Crippen molar-refractivity contribution in [2.45, 2.75) is 90.9 Å². The molecule has 0 bridgehead atoms. The number of unbranched alkanes of at least 4 members (excludes halogenated alkanes) is 10. The van der Waals surface area contributed by atoms with Crippen LogP contribution in [0.3, 0.4) is 0 Å². The molecular weight excluding hydrogens is 399 g/mol. The van der Waals surface area contributed by atoms with Crippen molar-refractivity contribution in [2.75, 3.05) is 13.2 Å². The Morgan fingerprint density at radius 1 is 0.484 bits per heavy atom. The molecule has 0 fully saturated rings. The zero-order chi connectivity index (χ0) is 22.0. The molecule has 2 nitrogen and oxygen atoms in total. The minimum absolute atomic E-state index is 0.776. The summed E-state index contributed by atoms with van der Waals surface area (Å²) in [6, 6.07) is 21.4. The van der Waals surface area contributed by atoms with E-state index < -0.39 is 7.72 Å². The zero-order valence-corrected chi connectivity index (χ0v) is 21.0. The van der Waals surface area contributed by atoms with Crippen molar-refractivity contribution in [2.24, 2.45) is 0 Å². The number of rotatable bonds is 18. The molecule has 0 radical (unpaired) electrons. The summed E-state index contributed by atoms with van der Waals surface area (Å²) in [6.07, 6.45) is 15.3. The third-order valence-corrected chi connectivity index (χ3v) is 9.32. The Kier molecular flexibility index (Phi) is 13.8. The molecule has 0 saturated carbocycles. The monoisotopic (exact) mass is 444 g/mol. The third-order valence-electron chi connectivity index (χ3n) is 5.91. The second-order valence-corrected chi connectivity index (χ2v) is 11.5. The molecule has 0 unspecified atom stereocenters. The van der Waals surface area contributed by atoms with Crippen LogP contribution < -0.4 is 10.6 Å². The van der Waals surface area contributed by atoms with E-state index in [-0.39, 0.29) is 0 Å². The molecule has 0 spiro atoms. The maximum atomic E-state index is 6.77. The topological polar surface area (TPSA) is 18.5 Å². The Morgan fingerprint density at radius 2 is 0.839 bits per heavy atom. The molecule has 0 heterocycles. The van der Waals surface area contributed by atoms with E-state index in [1.54, 1.807) is 0 Å². The molecule has 0 aliphatic heterocycles. The average molecular weight is 445 g/mol. The fourth-order valence-electron chi connectivity index (χ4n) is 4.05. The van der Waals surface area contributed by atoms with Crippen molar-refractivity contribution in [3.63, 3.8) is 0 Å². The van der Waals surface area contributed by atoms with E-state index in [1.807, 2.05) is 0 Å². The van der Waals surface area contributed by atoms with Gasteiger partial charge in [0.1, 0.15) is 0 Å². The molecule has 0 aliphatic carbocycles. The van der Waals surface area contributed by atoms with Gasteiger partial charge in [0.05, 0.1) is 0 Å². The Balaban J connectivity index is 2.06. The Labute approximate surface area is 192 Å². The molecular formula is C28H45O2P. The predicted octanol–water partition coefficient (Wildman–Crippen LogP) is 7.97. The van der Waals surface area contributed by atoms with Crippen molar-refractivity contribution in [1.82, 2.24) is 0 Å². The van der Waals surface area contributed by atoms with Gasteiger partial charge in [-0.2, -0.15) is 0 Å². The molecule has 174 valence electrons.